The maximum Gasteiger partial charge on any atom is 0.237 e. The van der Waals surface area contributed by atoms with Crippen LogP contribution in [0, 0.1) is 5.82 Å². The molecule has 5 nitrogen and oxygen atoms in total. The first-order valence-electron chi connectivity index (χ1n) is 6.24. The van der Waals surface area contributed by atoms with Crippen LogP contribution >= 0.6 is 24.2 Å². The van der Waals surface area contributed by atoms with Crippen molar-refractivity contribution in [3.05, 3.63) is 29.6 Å². The third kappa shape index (κ3) is 4.59. The maximum atomic E-state index is 13.3. The molecule has 1 aliphatic heterocycles. The van der Waals surface area contributed by atoms with Crippen molar-refractivity contribution in [2.75, 3.05) is 5.75 Å². The van der Waals surface area contributed by atoms with Crippen LogP contribution in [0.2, 0.25) is 0 Å². The molecule has 1 aliphatic rings. The molecular weight excluding hydrogens is 317 g/mol. The lowest BCUT2D eigenvalue weighted by Gasteiger charge is -2.27. The van der Waals surface area contributed by atoms with Crippen LogP contribution < -0.4 is 16.8 Å². The van der Waals surface area contributed by atoms with Gasteiger partial charge in [-0.05, 0) is 30.2 Å². The number of benzene rings is 1. The molecule has 0 bridgehead atoms. The number of fused-ring (bicyclic) bond motifs is 1. The Labute approximate surface area is 132 Å². The van der Waals surface area contributed by atoms with Crippen molar-refractivity contribution in [1.82, 2.24) is 5.32 Å². The molecule has 0 fully saturated rings. The van der Waals surface area contributed by atoms with Gasteiger partial charge in [-0.15, -0.1) is 24.2 Å². The quantitative estimate of drug-likeness (QED) is 0.768. The number of hydrogen-bond donors (Lipinski definition) is 3. The van der Waals surface area contributed by atoms with Crippen molar-refractivity contribution >= 4 is 36.0 Å². The van der Waals surface area contributed by atoms with E-state index in [0.29, 0.717) is 6.42 Å². The first-order chi connectivity index (χ1) is 9.47. The van der Waals surface area contributed by atoms with Gasteiger partial charge in [-0.25, -0.2) is 4.39 Å². The Kier molecular flexibility index (Phi) is 6.44. The fraction of sp³-hybridized carbons (Fsp3) is 0.385. The van der Waals surface area contributed by atoms with Crippen LogP contribution in [-0.2, 0) is 9.59 Å². The molecule has 1 aromatic carbocycles. The largest absolute Gasteiger partial charge is 0.370 e. The number of carbonyl (C=O) groups excluding carboxylic acids is 2. The fourth-order valence-electron chi connectivity index (χ4n) is 2.10. The molecule has 21 heavy (non-hydrogen) atoms. The van der Waals surface area contributed by atoms with Crippen LogP contribution in [0.4, 0.5) is 4.39 Å². The standard InChI is InChI=1S/C13H16FN3O2S.ClH/c14-7-1-2-11-8(5-7)10(3-4-20-11)17-13(19)9(15)6-12(16)18;/h1-2,5,9-10H,3-4,6,15H2,(H2,16,18)(H,17,19);1H. The first-order valence-corrected chi connectivity index (χ1v) is 7.22. The van der Waals surface area contributed by atoms with Crippen molar-refractivity contribution in [3.8, 4) is 0 Å². The smallest absolute Gasteiger partial charge is 0.237 e. The summed E-state index contributed by atoms with van der Waals surface area (Å²) in [5.41, 5.74) is 11.4. The average Bonchev–Trinajstić information content (AvgIpc) is 2.38. The van der Waals surface area contributed by atoms with E-state index in [2.05, 4.69) is 5.32 Å². The van der Waals surface area contributed by atoms with E-state index in [-0.39, 0.29) is 30.7 Å². The summed E-state index contributed by atoms with van der Waals surface area (Å²) < 4.78 is 13.3. The molecule has 2 atom stereocenters. The lowest BCUT2D eigenvalue weighted by atomic mass is 10.0. The van der Waals surface area contributed by atoms with Gasteiger partial charge >= 0.3 is 0 Å². The summed E-state index contributed by atoms with van der Waals surface area (Å²) >= 11 is 1.62. The van der Waals surface area contributed by atoms with Crippen LogP contribution in [0.3, 0.4) is 0 Å². The first kappa shape index (κ1) is 17.7. The van der Waals surface area contributed by atoms with Crippen LogP contribution in [0.25, 0.3) is 0 Å². The van der Waals surface area contributed by atoms with Crippen molar-refractivity contribution < 1.29 is 14.0 Å². The van der Waals surface area contributed by atoms with E-state index in [4.69, 9.17) is 11.5 Å². The molecule has 2 rings (SSSR count). The highest BCUT2D eigenvalue weighted by Gasteiger charge is 2.25. The summed E-state index contributed by atoms with van der Waals surface area (Å²) in [5.74, 6) is -0.588. The van der Waals surface area contributed by atoms with Gasteiger partial charge < -0.3 is 16.8 Å². The highest BCUT2D eigenvalue weighted by atomic mass is 35.5. The predicted octanol–water partition coefficient (Wildman–Crippen LogP) is 1.10. The SMILES string of the molecule is Cl.NC(=O)CC(N)C(=O)NC1CCSc2ccc(F)cc21. The van der Waals surface area contributed by atoms with Crippen molar-refractivity contribution in [2.24, 2.45) is 11.5 Å². The van der Waals surface area contributed by atoms with Gasteiger partial charge in [0.2, 0.25) is 11.8 Å². The summed E-state index contributed by atoms with van der Waals surface area (Å²) in [6.45, 7) is 0. The molecule has 0 aliphatic carbocycles. The second-order valence-corrected chi connectivity index (χ2v) is 5.79. The van der Waals surface area contributed by atoms with Crippen LogP contribution in [-0.4, -0.2) is 23.6 Å². The zero-order chi connectivity index (χ0) is 14.7. The minimum Gasteiger partial charge on any atom is -0.370 e. The Bertz CT molecular complexity index is 544. The van der Waals surface area contributed by atoms with Gasteiger partial charge in [0.25, 0.3) is 0 Å². The minimum absolute atomic E-state index is 0. The maximum absolute atomic E-state index is 13.3. The summed E-state index contributed by atoms with van der Waals surface area (Å²) in [7, 11) is 0. The third-order valence-corrected chi connectivity index (χ3v) is 4.21. The lowest BCUT2D eigenvalue weighted by Crippen LogP contribution is -2.44. The van der Waals surface area contributed by atoms with Crippen LogP contribution in [0.15, 0.2) is 23.1 Å². The Balaban J connectivity index is 0.00000220. The minimum atomic E-state index is -0.973. The van der Waals surface area contributed by atoms with E-state index >= 15 is 0 Å². The highest BCUT2D eigenvalue weighted by Crippen LogP contribution is 2.36. The van der Waals surface area contributed by atoms with Crippen LogP contribution in [0.5, 0.6) is 0 Å². The number of nitrogens with one attached hydrogen (secondary N) is 1. The fourth-order valence-corrected chi connectivity index (χ4v) is 3.21. The van der Waals surface area contributed by atoms with E-state index < -0.39 is 17.9 Å². The molecule has 0 saturated carbocycles. The highest BCUT2D eigenvalue weighted by molar-refractivity contribution is 7.99. The summed E-state index contributed by atoms with van der Waals surface area (Å²) in [6, 6.07) is 3.27. The molecule has 0 aromatic heterocycles. The predicted molar refractivity (Wildman–Crippen MR) is 81.7 cm³/mol. The number of halogens is 2. The molecule has 1 aromatic rings. The Morgan fingerprint density at radius 2 is 2.19 bits per heavy atom. The number of rotatable bonds is 4. The van der Waals surface area contributed by atoms with Gasteiger partial charge in [0.1, 0.15) is 5.82 Å². The zero-order valence-electron chi connectivity index (χ0n) is 11.2. The summed E-state index contributed by atoms with van der Waals surface area (Å²) in [6.07, 6.45) is 0.486. The average molecular weight is 334 g/mol. The second-order valence-electron chi connectivity index (χ2n) is 4.66. The molecule has 0 saturated heterocycles. The van der Waals surface area contributed by atoms with Gasteiger partial charge in [-0.3, -0.25) is 9.59 Å². The van der Waals surface area contributed by atoms with Gasteiger partial charge in [0.05, 0.1) is 18.5 Å². The third-order valence-electron chi connectivity index (χ3n) is 3.09. The van der Waals surface area contributed by atoms with Crippen molar-refractivity contribution in [2.45, 2.75) is 29.8 Å². The Hall–Kier alpha value is -1.31. The number of thioether (sulfide) groups is 1. The summed E-state index contributed by atoms with van der Waals surface area (Å²) in [5, 5.41) is 2.76. The topological polar surface area (TPSA) is 98.2 Å². The molecule has 0 radical (unpaired) electrons. The molecule has 5 N–H and O–H groups in total. The van der Waals surface area contributed by atoms with E-state index in [1.54, 1.807) is 17.8 Å². The zero-order valence-corrected chi connectivity index (χ0v) is 12.8. The van der Waals surface area contributed by atoms with E-state index in [1.807, 2.05) is 0 Å². The van der Waals surface area contributed by atoms with E-state index in [1.165, 1.54) is 12.1 Å². The molecular formula is C13H17ClFN3O2S. The van der Waals surface area contributed by atoms with E-state index in [9.17, 15) is 14.0 Å². The molecule has 8 heteroatoms. The number of amides is 2. The van der Waals surface area contributed by atoms with Crippen molar-refractivity contribution in [3.63, 3.8) is 0 Å². The number of hydrogen-bond acceptors (Lipinski definition) is 4. The molecule has 2 amide bonds. The normalized spacial score (nSPS) is 18.1. The number of nitrogens with two attached hydrogens (primary N) is 2. The van der Waals surface area contributed by atoms with E-state index in [0.717, 1.165) is 16.2 Å². The molecule has 1 heterocycles. The van der Waals surface area contributed by atoms with Crippen molar-refractivity contribution in [1.29, 1.82) is 0 Å². The monoisotopic (exact) mass is 333 g/mol. The molecule has 2 unspecified atom stereocenters. The van der Waals surface area contributed by atoms with Gasteiger partial charge in [-0.1, -0.05) is 0 Å². The summed E-state index contributed by atoms with van der Waals surface area (Å²) in [4.78, 5) is 23.6. The lowest BCUT2D eigenvalue weighted by molar-refractivity contribution is -0.126. The Morgan fingerprint density at radius 1 is 1.48 bits per heavy atom. The second kappa shape index (κ2) is 7.63. The molecule has 116 valence electrons. The van der Waals surface area contributed by atoms with Crippen LogP contribution in [0.1, 0.15) is 24.4 Å². The Morgan fingerprint density at radius 3 is 2.86 bits per heavy atom. The van der Waals surface area contributed by atoms with Gasteiger partial charge in [-0.2, -0.15) is 0 Å². The number of carbonyl (C=O) groups is 2. The van der Waals surface area contributed by atoms with Gasteiger partial charge in [0.15, 0.2) is 0 Å². The van der Waals surface area contributed by atoms with Gasteiger partial charge in [0, 0.05) is 10.6 Å². The number of primary amides is 1. The molecule has 0 spiro atoms.